The van der Waals surface area contributed by atoms with Crippen molar-refractivity contribution in [3.8, 4) is 0 Å². The van der Waals surface area contributed by atoms with Crippen molar-refractivity contribution in [3.05, 3.63) is 16.6 Å². The number of thiazole rings is 1. The van der Waals surface area contributed by atoms with Gasteiger partial charge in [0.2, 0.25) is 0 Å². The van der Waals surface area contributed by atoms with Gasteiger partial charge in [0.05, 0.1) is 11.1 Å². The normalized spacial score (nSPS) is 29.3. The van der Waals surface area contributed by atoms with Gasteiger partial charge in [0.25, 0.3) is 0 Å². The molecule has 0 saturated heterocycles. The molecule has 1 aliphatic rings. The zero-order valence-electron chi connectivity index (χ0n) is 8.52. The van der Waals surface area contributed by atoms with Crippen LogP contribution in [0.3, 0.4) is 0 Å². The van der Waals surface area contributed by atoms with Crippen LogP contribution >= 0.6 is 11.3 Å². The van der Waals surface area contributed by atoms with Gasteiger partial charge in [-0.3, -0.25) is 0 Å². The van der Waals surface area contributed by atoms with Gasteiger partial charge in [-0.25, -0.2) is 4.98 Å². The van der Waals surface area contributed by atoms with Gasteiger partial charge in [-0.1, -0.05) is 13.3 Å². The first-order valence-corrected chi connectivity index (χ1v) is 6.20. The van der Waals surface area contributed by atoms with Crippen LogP contribution < -0.4 is 0 Å². The molecule has 1 fully saturated rings. The van der Waals surface area contributed by atoms with Crippen molar-refractivity contribution in [2.24, 2.45) is 11.8 Å². The number of nitrogens with zero attached hydrogens (tertiary/aromatic N) is 1. The molecule has 0 bridgehead atoms. The average Bonchev–Trinajstić information content (AvgIpc) is 2.75. The number of hydrogen-bond acceptors (Lipinski definition) is 3. The third-order valence-electron chi connectivity index (χ3n) is 3.15. The van der Waals surface area contributed by atoms with Gasteiger partial charge in [-0.05, 0) is 24.7 Å². The summed E-state index contributed by atoms with van der Waals surface area (Å²) in [5.74, 6) is 1.31. The highest BCUT2D eigenvalue weighted by atomic mass is 32.1. The molecule has 0 spiro atoms. The summed E-state index contributed by atoms with van der Waals surface area (Å²) >= 11 is 1.64. The molecular weight excluding hydrogens is 194 g/mol. The molecule has 14 heavy (non-hydrogen) atoms. The maximum Gasteiger partial charge on any atom is 0.0950 e. The van der Waals surface area contributed by atoms with Gasteiger partial charge in [0.15, 0.2) is 0 Å². The molecule has 2 rings (SSSR count). The maximum absolute atomic E-state index is 10.0. The molecule has 1 N–H and O–H groups in total. The molecule has 0 amide bonds. The van der Waals surface area contributed by atoms with E-state index in [0.29, 0.717) is 5.92 Å². The molecule has 1 saturated carbocycles. The summed E-state index contributed by atoms with van der Waals surface area (Å²) in [5, 5.41) is 13.0. The van der Waals surface area contributed by atoms with Gasteiger partial charge >= 0.3 is 0 Å². The van der Waals surface area contributed by atoms with E-state index < -0.39 is 0 Å². The summed E-state index contributed by atoms with van der Waals surface area (Å²) in [4.78, 5) is 4.21. The lowest BCUT2D eigenvalue weighted by Crippen LogP contribution is -2.20. The highest BCUT2D eigenvalue weighted by Gasteiger charge is 2.27. The number of rotatable bonds is 3. The molecule has 3 atom stereocenters. The third-order valence-corrected chi connectivity index (χ3v) is 3.95. The third kappa shape index (κ3) is 2.34. The zero-order valence-corrected chi connectivity index (χ0v) is 9.33. The fourth-order valence-electron chi connectivity index (χ4n) is 2.30. The summed E-state index contributed by atoms with van der Waals surface area (Å²) in [7, 11) is 0. The zero-order chi connectivity index (χ0) is 9.97. The molecule has 1 aromatic heterocycles. The second kappa shape index (κ2) is 4.41. The van der Waals surface area contributed by atoms with Gasteiger partial charge in [-0.2, -0.15) is 0 Å². The predicted octanol–water partition coefficient (Wildman–Crippen LogP) is 2.48. The van der Waals surface area contributed by atoms with E-state index in [1.54, 1.807) is 11.3 Å². The Kier molecular flexibility index (Phi) is 3.19. The average molecular weight is 211 g/mol. The van der Waals surface area contributed by atoms with Gasteiger partial charge in [0.1, 0.15) is 0 Å². The molecule has 3 heteroatoms. The summed E-state index contributed by atoms with van der Waals surface area (Å²) < 4.78 is 0. The Bertz CT molecular complexity index is 273. The van der Waals surface area contributed by atoms with Crippen molar-refractivity contribution in [1.29, 1.82) is 0 Å². The van der Waals surface area contributed by atoms with Crippen molar-refractivity contribution in [2.75, 3.05) is 0 Å². The Morgan fingerprint density at radius 2 is 2.50 bits per heavy atom. The van der Waals surface area contributed by atoms with Crippen LogP contribution in [0.2, 0.25) is 0 Å². The minimum absolute atomic E-state index is 0.175. The van der Waals surface area contributed by atoms with E-state index >= 15 is 0 Å². The molecule has 2 nitrogen and oxygen atoms in total. The lowest BCUT2D eigenvalue weighted by molar-refractivity contribution is 0.109. The Labute approximate surface area is 89.0 Å². The SMILES string of the molecule is CC1CCC(C(O)Cc2nccs2)C1. The number of aromatic nitrogens is 1. The van der Waals surface area contributed by atoms with Crippen LogP contribution in [0.25, 0.3) is 0 Å². The van der Waals surface area contributed by atoms with E-state index in [1.807, 2.05) is 11.6 Å². The van der Waals surface area contributed by atoms with Crippen molar-refractivity contribution in [2.45, 2.75) is 38.7 Å². The van der Waals surface area contributed by atoms with Crippen molar-refractivity contribution < 1.29 is 5.11 Å². The molecule has 3 unspecified atom stereocenters. The second-order valence-corrected chi connectivity index (χ2v) is 5.35. The van der Waals surface area contributed by atoms with E-state index in [9.17, 15) is 5.11 Å². The largest absolute Gasteiger partial charge is 0.392 e. The van der Waals surface area contributed by atoms with Crippen LogP contribution in [-0.4, -0.2) is 16.2 Å². The molecule has 0 aliphatic heterocycles. The minimum atomic E-state index is -0.175. The summed E-state index contributed by atoms with van der Waals surface area (Å²) in [6.45, 7) is 2.27. The maximum atomic E-state index is 10.0. The van der Waals surface area contributed by atoms with Crippen LogP contribution in [0.5, 0.6) is 0 Å². The lowest BCUT2D eigenvalue weighted by atomic mass is 9.97. The Morgan fingerprint density at radius 1 is 1.64 bits per heavy atom. The molecule has 1 heterocycles. The fourth-order valence-corrected chi connectivity index (χ4v) is 2.97. The van der Waals surface area contributed by atoms with Crippen molar-refractivity contribution in [3.63, 3.8) is 0 Å². The molecule has 0 radical (unpaired) electrons. The molecule has 1 aliphatic carbocycles. The summed E-state index contributed by atoms with van der Waals surface area (Å²) in [6, 6.07) is 0. The molecular formula is C11H17NOS. The standard InChI is InChI=1S/C11H17NOS/c1-8-2-3-9(6-8)10(13)7-11-12-4-5-14-11/h4-5,8-10,13H,2-3,6-7H2,1H3. The van der Waals surface area contributed by atoms with Crippen LogP contribution in [0, 0.1) is 11.8 Å². The van der Waals surface area contributed by atoms with E-state index in [4.69, 9.17) is 0 Å². The number of hydrogen-bond donors (Lipinski definition) is 1. The van der Waals surface area contributed by atoms with E-state index in [0.717, 1.165) is 17.3 Å². The summed E-state index contributed by atoms with van der Waals surface area (Å²) in [5.41, 5.74) is 0. The molecule has 1 aromatic rings. The van der Waals surface area contributed by atoms with Crippen LogP contribution in [0.15, 0.2) is 11.6 Å². The Balaban J connectivity index is 1.87. The van der Waals surface area contributed by atoms with Gasteiger partial charge in [-0.15, -0.1) is 11.3 Å². The molecule has 78 valence electrons. The minimum Gasteiger partial charge on any atom is -0.392 e. The number of aliphatic hydroxyl groups is 1. The predicted molar refractivity (Wildman–Crippen MR) is 58.3 cm³/mol. The highest BCUT2D eigenvalue weighted by molar-refractivity contribution is 7.09. The lowest BCUT2D eigenvalue weighted by Gasteiger charge is -2.16. The highest BCUT2D eigenvalue weighted by Crippen LogP contribution is 2.33. The van der Waals surface area contributed by atoms with Gasteiger partial charge in [0, 0.05) is 18.0 Å². The van der Waals surface area contributed by atoms with Crippen LogP contribution in [0.1, 0.15) is 31.2 Å². The van der Waals surface area contributed by atoms with E-state index in [1.165, 1.54) is 19.3 Å². The first-order chi connectivity index (χ1) is 6.75. The van der Waals surface area contributed by atoms with E-state index in [2.05, 4.69) is 11.9 Å². The first kappa shape index (κ1) is 10.1. The van der Waals surface area contributed by atoms with Gasteiger partial charge < -0.3 is 5.11 Å². The topological polar surface area (TPSA) is 33.1 Å². The quantitative estimate of drug-likeness (QED) is 0.833. The molecule has 0 aromatic carbocycles. The smallest absolute Gasteiger partial charge is 0.0950 e. The fraction of sp³-hybridized carbons (Fsp3) is 0.727. The Hall–Kier alpha value is -0.410. The monoisotopic (exact) mass is 211 g/mol. The van der Waals surface area contributed by atoms with Crippen LogP contribution in [0.4, 0.5) is 0 Å². The summed E-state index contributed by atoms with van der Waals surface area (Å²) in [6.07, 6.45) is 6.03. The van der Waals surface area contributed by atoms with Crippen molar-refractivity contribution >= 4 is 11.3 Å². The number of aliphatic hydroxyl groups excluding tert-OH is 1. The first-order valence-electron chi connectivity index (χ1n) is 5.32. The van der Waals surface area contributed by atoms with Crippen LogP contribution in [-0.2, 0) is 6.42 Å². The second-order valence-electron chi connectivity index (χ2n) is 4.38. The Morgan fingerprint density at radius 3 is 3.07 bits per heavy atom. The van der Waals surface area contributed by atoms with E-state index in [-0.39, 0.29) is 6.10 Å². The van der Waals surface area contributed by atoms with Crippen molar-refractivity contribution in [1.82, 2.24) is 4.98 Å².